The molecular weight excluding hydrogens is 193 g/mol. The number of nitrogens with one attached hydrogen (secondary N) is 1. The lowest BCUT2D eigenvalue weighted by Crippen LogP contribution is -2.06. The number of hydrogen-bond acceptors (Lipinski definition) is 1. The first-order chi connectivity index (χ1) is 5.66. The molecule has 0 radical (unpaired) electrons. The van der Waals surface area contributed by atoms with E-state index >= 15 is 0 Å². The first-order valence-corrected chi connectivity index (χ1v) is 4.50. The summed E-state index contributed by atoms with van der Waals surface area (Å²) >= 11 is 11.8. The van der Waals surface area contributed by atoms with Gasteiger partial charge in [0.1, 0.15) is 0 Å². The van der Waals surface area contributed by atoms with E-state index in [0.717, 1.165) is 12.1 Å². The highest BCUT2D eigenvalue weighted by Gasteiger charge is 2.04. The fourth-order valence-electron chi connectivity index (χ4n) is 1.07. The Labute approximate surface area is 82.7 Å². The monoisotopic (exact) mass is 203 g/mol. The average Bonchev–Trinajstić information content (AvgIpc) is 2.07. The molecule has 1 N–H and O–H groups in total. The highest BCUT2D eigenvalue weighted by Crippen LogP contribution is 2.27. The number of halogens is 2. The minimum Gasteiger partial charge on any atom is -0.316 e. The van der Waals surface area contributed by atoms with Crippen LogP contribution in [0.3, 0.4) is 0 Å². The van der Waals surface area contributed by atoms with Gasteiger partial charge in [0.2, 0.25) is 0 Å². The summed E-state index contributed by atoms with van der Waals surface area (Å²) in [5.74, 6) is 0. The number of hydrogen-bond donors (Lipinski definition) is 1. The molecule has 1 nitrogen and oxygen atoms in total. The molecule has 0 atom stereocenters. The van der Waals surface area contributed by atoms with Crippen molar-refractivity contribution in [1.82, 2.24) is 5.32 Å². The first-order valence-electron chi connectivity index (χ1n) is 3.75. The van der Waals surface area contributed by atoms with E-state index < -0.39 is 0 Å². The van der Waals surface area contributed by atoms with Crippen molar-refractivity contribution < 1.29 is 0 Å². The zero-order valence-corrected chi connectivity index (χ0v) is 8.63. The lowest BCUT2D eigenvalue weighted by atomic mass is 10.1. The molecule has 1 aromatic carbocycles. The predicted octanol–water partition coefficient (Wildman–Crippen LogP) is 3.02. The summed E-state index contributed by atoms with van der Waals surface area (Å²) in [6.07, 6.45) is 0. The standard InChI is InChI=1S/C9H11Cl2N/c1-6-7(5-12-2)3-4-8(10)9(6)11/h3-4,12H,5H2,1-2H3. The Morgan fingerprint density at radius 3 is 2.58 bits per heavy atom. The Morgan fingerprint density at radius 2 is 2.00 bits per heavy atom. The maximum absolute atomic E-state index is 5.96. The van der Waals surface area contributed by atoms with E-state index in [1.54, 1.807) is 0 Å². The first kappa shape index (κ1) is 9.85. The minimum atomic E-state index is 0.619. The van der Waals surface area contributed by atoms with Gasteiger partial charge in [-0.15, -0.1) is 0 Å². The quantitative estimate of drug-likeness (QED) is 0.780. The summed E-state index contributed by atoms with van der Waals surface area (Å²) in [4.78, 5) is 0. The van der Waals surface area contributed by atoms with Crippen molar-refractivity contribution >= 4 is 23.2 Å². The molecule has 66 valence electrons. The van der Waals surface area contributed by atoms with E-state index in [9.17, 15) is 0 Å². The van der Waals surface area contributed by atoms with Crippen LogP contribution in [0.15, 0.2) is 12.1 Å². The molecule has 0 saturated heterocycles. The summed E-state index contributed by atoms with van der Waals surface area (Å²) in [6, 6.07) is 3.81. The molecule has 0 aliphatic rings. The van der Waals surface area contributed by atoms with E-state index in [4.69, 9.17) is 23.2 Å². The van der Waals surface area contributed by atoms with E-state index in [1.165, 1.54) is 5.56 Å². The van der Waals surface area contributed by atoms with Crippen molar-refractivity contribution in [3.8, 4) is 0 Å². The van der Waals surface area contributed by atoms with E-state index in [-0.39, 0.29) is 0 Å². The van der Waals surface area contributed by atoms with Crippen LogP contribution in [0.5, 0.6) is 0 Å². The van der Waals surface area contributed by atoms with E-state index in [0.29, 0.717) is 10.0 Å². The van der Waals surface area contributed by atoms with Gasteiger partial charge < -0.3 is 5.32 Å². The van der Waals surface area contributed by atoms with E-state index in [2.05, 4.69) is 5.32 Å². The van der Waals surface area contributed by atoms with Crippen LogP contribution in [0.4, 0.5) is 0 Å². The normalized spacial score (nSPS) is 10.3. The van der Waals surface area contributed by atoms with Crippen LogP contribution in [0.1, 0.15) is 11.1 Å². The van der Waals surface area contributed by atoms with Gasteiger partial charge in [-0.2, -0.15) is 0 Å². The molecule has 3 heteroatoms. The predicted molar refractivity (Wildman–Crippen MR) is 54.0 cm³/mol. The summed E-state index contributed by atoms with van der Waals surface area (Å²) in [5.41, 5.74) is 2.24. The van der Waals surface area contributed by atoms with Crippen molar-refractivity contribution in [2.24, 2.45) is 0 Å². The molecule has 0 aliphatic heterocycles. The highest BCUT2D eigenvalue weighted by molar-refractivity contribution is 6.42. The third-order valence-corrected chi connectivity index (χ3v) is 2.72. The topological polar surface area (TPSA) is 12.0 Å². The fraction of sp³-hybridized carbons (Fsp3) is 0.333. The Hall–Kier alpha value is -0.240. The van der Waals surface area contributed by atoms with Crippen LogP contribution in [-0.4, -0.2) is 7.05 Å². The van der Waals surface area contributed by atoms with Gasteiger partial charge in [0, 0.05) is 6.54 Å². The molecule has 0 bridgehead atoms. The van der Waals surface area contributed by atoms with Crippen molar-refractivity contribution in [2.75, 3.05) is 7.05 Å². The molecule has 0 heterocycles. The van der Waals surface area contributed by atoms with Crippen molar-refractivity contribution in [3.05, 3.63) is 33.3 Å². The second kappa shape index (κ2) is 4.13. The molecular formula is C9H11Cl2N. The summed E-state index contributed by atoms with van der Waals surface area (Å²) < 4.78 is 0. The second-order valence-corrected chi connectivity index (χ2v) is 3.46. The summed E-state index contributed by atoms with van der Waals surface area (Å²) in [7, 11) is 1.90. The largest absolute Gasteiger partial charge is 0.316 e. The molecule has 0 unspecified atom stereocenters. The smallest absolute Gasteiger partial charge is 0.0624 e. The van der Waals surface area contributed by atoms with Crippen LogP contribution in [0, 0.1) is 6.92 Å². The lowest BCUT2D eigenvalue weighted by Gasteiger charge is -2.07. The highest BCUT2D eigenvalue weighted by atomic mass is 35.5. The van der Waals surface area contributed by atoms with E-state index in [1.807, 2.05) is 26.1 Å². The van der Waals surface area contributed by atoms with Crippen LogP contribution in [0.2, 0.25) is 10.0 Å². The van der Waals surface area contributed by atoms with Crippen molar-refractivity contribution in [2.45, 2.75) is 13.5 Å². The Bertz CT molecular complexity index is 284. The molecule has 0 saturated carbocycles. The third-order valence-electron chi connectivity index (χ3n) is 1.82. The zero-order valence-electron chi connectivity index (χ0n) is 7.12. The maximum atomic E-state index is 5.96. The van der Waals surface area contributed by atoms with Gasteiger partial charge in [-0.3, -0.25) is 0 Å². The van der Waals surface area contributed by atoms with Gasteiger partial charge in [0.15, 0.2) is 0 Å². The SMILES string of the molecule is CNCc1ccc(Cl)c(Cl)c1C. The Balaban J connectivity index is 3.08. The van der Waals surface area contributed by atoms with Gasteiger partial charge in [-0.05, 0) is 31.2 Å². The average molecular weight is 204 g/mol. The summed E-state index contributed by atoms with van der Waals surface area (Å²) in [6.45, 7) is 2.80. The number of benzene rings is 1. The minimum absolute atomic E-state index is 0.619. The van der Waals surface area contributed by atoms with Gasteiger partial charge in [-0.1, -0.05) is 29.3 Å². The van der Waals surface area contributed by atoms with Gasteiger partial charge in [0.25, 0.3) is 0 Å². The van der Waals surface area contributed by atoms with Crippen molar-refractivity contribution in [1.29, 1.82) is 0 Å². The molecule has 1 aromatic rings. The Kier molecular flexibility index (Phi) is 3.39. The van der Waals surface area contributed by atoms with Gasteiger partial charge >= 0.3 is 0 Å². The van der Waals surface area contributed by atoms with Crippen LogP contribution >= 0.6 is 23.2 Å². The molecule has 0 aromatic heterocycles. The molecule has 0 spiro atoms. The maximum Gasteiger partial charge on any atom is 0.0624 e. The molecule has 1 rings (SSSR count). The third kappa shape index (κ3) is 1.92. The van der Waals surface area contributed by atoms with Crippen LogP contribution in [-0.2, 0) is 6.54 Å². The molecule has 12 heavy (non-hydrogen) atoms. The second-order valence-electron chi connectivity index (χ2n) is 2.68. The van der Waals surface area contributed by atoms with Gasteiger partial charge in [-0.25, -0.2) is 0 Å². The molecule has 0 aliphatic carbocycles. The van der Waals surface area contributed by atoms with Crippen molar-refractivity contribution in [3.63, 3.8) is 0 Å². The Morgan fingerprint density at radius 1 is 1.33 bits per heavy atom. The van der Waals surface area contributed by atoms with Gasteiger partial charge in [0.05, 0.1) is 10.0 Å². The number of rotatable bonds is 2. The lowest BCUT2D eigenvalue weighted by molar-refractivity contribution is 0.812. The zero-order chi connectivity index (χ0) is 9.14. The molecule has 0 amide bonds. The molecule has 0 fully saturated rings. The van der Waals surface area contributed by atoms with Crippen LogP contribution in [0.25, 0.3) is 0 Å². The summed E-state index contributed by atoms with van der Waals surface area (Å²) in [5, 5.41) is 4.35. The fourth-order valence-corrected chi connectivity index (χ4v) is 1.46. The van der Waals surface area contributed by atoms with Crippen LogP contribution < -0.4 is 5.32 Å².